The van der Waals surface area contributed by atoms with Crippen molar-refractivity contribution in [1.82, 2.24) is 0 Å². The lowest BCUT2D eigenvalue weighted by Gasteiger charge is -1.98. The zero-order valence-corrected chi connectivity index (χ0v) is 5.07. The van der Waals surface area contributed by atoms with Gasteiger partial charge in [-0.3, -0.25) is 14.6 Å². The van der Waals surface area contributed by atoms with Gasteiger partial charge in [-0.05, 0) is 0 Å². The maximum absolute atomic E-state index is 10.5. The fraction of sp³-hybridized carbons (Fsp3) is 0.167. The first-order valence-electron chi connectivity index (χ1n) is 2.68. The molecule has 1 heterocycles. The highest BCUT2D eigenvalue weighted by Crippen LogP contribution is 1.99. The minimum atomic E-state index is -0.641. The van der Waals surface area contributed by atoms with Crippen molar-refractivity contribution in [3.05, 3.63) is 11.8 Å². The number of aliphatic hydroxyl groups is 1. The largest absolute Gasteiger partial charge is 0.390 e. The third-order valence-corrected chi connectivity index (χ3v) is 1.05. The highest BCUT2D eigenvalue weighted by atomic mass is 16.3. The Morgan fingerprint density at radius 3 is 2.60 bits per heavy atom. The van der Waals surface area contributed by atoms with Crippen molar-refractivity contribution < 1.29 is 14.7 Å². The number of carbonyl (C=O) groups is 2. The van der Waals surface area contributed by atoms with E-state index >= 15 is 0 Å². The molecular weight excluding hydrogens is 134 g/mol. The molecule has 0 unspecified atom stereocenters. The van der Waals surface area contributed by atoms with Crippen LogP contribution < -0.4 is 0 Å². The molecule has 0 aromatic rings. The number of nitrogens with zero attached hydrogens (tertiary/aromatic N) is 1. The van der Waals surface area contributed by atoms with Gasteiger partial charge < -0.3 is 5.11 Å². The molecule has 1 aliphatic rings. The summed E-state index contributed by atoms with van der Waals surface area (Å²) in [5.74, 6) is -1.27. The van der Waals surface area contributed by atoms with Gasteiger partial charge in [0.15, 0.2) is 0 Å². The van der Waals surface area contributed by atoms with E-state index in [0.29, 0.717) is 0 Å². The lowest BCUT2D eigenvalue weighted by molar-refractivity contribution is -0.129. The summed E-state index contributed by atoms with van der Waals surface area (Å²) < 4.78 is 0. The molecule has 0 aliphatic carbocycles. The first-order valence-corrected chi connectivity index (χ1v) is 2.68. The molecule has 1 N–H and O–H groups in total. The van der Waals surface area contributed by atoms with Crippen LogP contribution in [0.2, 0.25) is 0 Å². The van der Waals surface area contributed by atoms with Gasteiger partial charge in [0.2, 0.25) is 11.6 Å². The Labute approximate surface area is 56.9 Å². The van der Waals surface area contributed by atoms with E-state index in [1.54, 1.807) is 0 Å². The van der Waals surface area contributed by atoms with E-state index in [9.17, 15) is 9.59 Å². The summed E-state index contributed by atoms with van der Waals surface area (Å²) in [6, 6.07) is 0. The summed E-state index contributed by atoms with van der Waals surface area (Å²) in [6.07, 6.45) is 1.94. The van der Waals surface area contributed by atoms with E-state index in [-0.39, 0.29) is 12.3 Å². The predicted octanol–water partition coefficient (Wildman–Crippen LogP) is -0.915. The second-order valence-electron chi connectivity index (χ2n) is 1.78. The van der Waals surface area contributed by atoms with E-state index in [1.807, 2.05) is 0 Å². The van der Waals surface area contributed by atoms with E-state index in [0.717, 1.165) is 12.3 Å². The van der Waals surface area contributed by atoms with Crippen molar-refractivity contribution in [2.45, 2.75) is 0 Å². The molecule has 0 saturated heterocycles. The van der Waals surface area contributed by atoms with Gasteiger partial charge in [-0.2, -0.15) is 0 Å². The number of aliphatic imine (C=N–C) groups is 1. The minimum Gasteiger partial charge on any atom is -0.390 e. The molecule has 4 nitrogen and oxygen atoms in total. The SMILES string of the molecule is O=C1C=NC(CO)=CC1=O. The van der Waals surface area contributed by atoms with Crippen LogP contribution in [0.5, 0.6) is 0 Å². The summed E-state index contributed by atoms with van der Waals surface area (Å²) in [5.41, 5.74) is 0.226. The molecule has 0 atom stereocenters. The molecule has 1 rings (SSSR count). The number of allylic oxidation sites excluding steroid dienone is 1. The average molecular weight is 139 g/mol. The van der Waals surface area contributed by atoms with Crippen LogP contribution in [0.25, 0.3) is 0 Å². The minimum absolute atomic E-state index is 0.226. The van der Waals surface area contributed by atoms with Crippen LogP contribution in [0, 0.1) is 0 Å². The van der Waals surface area contributed by atoms with Crippen molar-refractivity contribution >= 4 is 17.8 Å². The third kappa shape index (κ3) is 1.16. The summed E-state index contributed by atoms with van der Waals surface area (Å²) in [5, 5.41) is 8.45. The molecule has 0 spiro atoms. The molecule has 0 fully saturated rings. The predicted molar refractivity (Wildman–Crippen MR) is 33.7 cm³/mol. The van der Waals surface area contributed by atoms with Gasteiger partial charge in [0.05, 0.1) is 18.5 Å². The molecule has 1 aliphatic heterocycles. The monoisotopic (exact) mass is 139 g/mol. The average Bonchev–Trinajstić information content (AvgIpc) is 1.95. The summed E-state index contributed by atoms with van der Waals surface area (Å²) in [6.45, 7) is -0.310. The smallest absolute Gasteiger partial charge is 0.243 e. The van der Waals surface area contributed by atoms with Gasteiger partial charge >= 0.3 is 0 Å². The van der Waals surface area contributed by atoms with E-state index in [2.05, 4.69) is 4.99 Å². The second kappa shape index (κ2) is 2.53. The van der Waals surface area contributed by atoms with Crippen molar-refractivity contribution in [1.29, 1.82) is 0 Å². The fourth-order valence-electron chi connectivity index (χ4n) is 0.551. The number of ketones is 2. The molecule has 0 amide bonds. The topological polar surface area (TPSA) is 66.7 Å². The second-order valence-corrected chi connectivity index (χ2v) is 1.78. The van der Waals surface area contributed by atoms with Gasteiger partial charge in [-0.1, -0.05) is 0 Å². The number of aliphatic hydroxyl groups excluding tert-OH is 1. The molecule has 0 aromatic heterocycles. The van der Waals surface area contributed by atoms with Gasteiger partial charge in [0.25, 0.3) is 0 Å². The maximum Gasteiger partial charge on any atom is 0.243 e. The molecule has 10 heavy (non-hydrogen) atoms. The highest BCUT2D eigenvalue weighted by Gasteiger charge is 2.13. The number of Topliss-reactive ketones (excluding diaryl/α,β-unsaturated/α-hetero) is 1. The highest BCUT2D eigenvalue weighted by molar-refractivity contribution is 6.62. The van der Waals surface area contributed by atoms with Crippen LogP contribution >= 0.6 is 0 Å². The zero-order valence-electron chi connectivity index (χ0n) is 5.07. The van der Waals surface area contributed by atoms with E-state index < -0.39 is 11.6 Å². The molecule has 0 radical (unpaired) electrons. The Morgan fingerprint density at radius 2 is 2.10 bits per heavy atom. The Bertz CT molecular complexity index is 239. The molecule has 0 saturated carbocycles. The van der Waals surface area contributed by atoms with Crippen molar-refractivity contribution in [3.63, 3.8) is 0 Å². The van der Waals surface area contributed by atoms with Crippen molar-refractivity contribution in [3.8, 4) is 0 Å². The summed E-state index contributed by atoms with van der Waals surface area (Å²) in [7, 11) is 0. The quantitative estimate of drug-likeness (QED) is 0.478. The van der Waals surface area contributed by atoms with Gasteiger partial charge in [0.1, 0.15) is 0 Å². The maximum atomic E-state index is 10.5. The lowest BCUT2D eigenvalue weighted by Crippen LogP contribution is -2.17. The Kier molecular flexibility index (Phi) is 1.73. The number of hydrogen-bond donors (Lipinski definition) is 1. The molecule has 52 valence electrons. The van der Waals surface area contributed by atoms with Crippen LogP contribution in [0.1, 0.15) is 0 Å². The standard InChI is InChI=1S/C6H5NO3/c8-3-4-1-5(9)6(10)2-7-4/h1-2,8H,3H2. The van der Waals surface area contributed by atoms with Gasteiger partial charge in [-0.25, -0.2) is 0 Å². The molecule has 0 aromatic carbocycles. The lowest BCUT2D eigenvalue weighted by atomic mass is 10.2. The van der Waals surface area contributed by atoms with E-state index in [4.69, 9.17) is 5.11 Å². The first kappa shape index (κ1) is 6.82. The van der Waals surface area contributed by atoms with Crippen LogP contribution in [0.3, 0.4) is 0 Å². The number of hydrogen-bond acceptors (Lipinski definition) is 4. The normalized spacial score (nSPS) is 17.5. The molecular formula is C6H5NO3. The Balaban J connectivity index is 2.86. The van der Waals surface area contributed by atoms with E-state index in [1.165, 1.54) is 0 Å². The zero-order chi connectivity index (χ0) is 7.56. The Morgan fingerprint density at radius 1 is 1.40 bits per heavy atom. The van der Waals surface area contributed by atoms with Crippen LogP contribution in [0.15, 0.2) is 16.8 Å². The van der Waals surface area contributed by atoms with Crippen molar-refractivity contribution in [2.24, 2.45) is 4.99 Å². The Hall–Kier alpha value is -1.29. The first-order chi connectivity index (χ1) is 4.74. The van der Waals surface area contributed by atoms with Crippen LogP contribution in [-0.2, 0) is 9.59 Å². The van der Waals surface area contributed by atoms with Crippen molar-refractivity contribution in [2.75, 3.05) is 6.61 Å². The summed E-state index contributed by atoms with van der Waals surface area (Å²) in [4.78, 5) is 24.5. The third-order valence-electron chi connectivity index (χ3n) is 1.05. The van der Waals surface area contributed by atoms with Crippen LogP contribution in [0.4, 0.5) is 0 Å². The number of rotatable bonds is 1. The fourth-order valence-corrected chi connectivity index (χ4v) is 0.551. The summed E-state index contributed by atoms with van der Waals surface area (Å²) >= 11 is 0. The molecule has 0 bridgehead atoms. The number of carbonyl (C=O) groups excluding carboxylic acids is 2. The van der Waals surface area contributed by atoms with Crippen LogP contribution in [-0.4, -0.2) is 29.5 Å². The van der Waals surface area contributed by atoms with Gasteiger partial charge in [0, 0.05) is 6.08 Å². The van der Waals surface area contributed by atoms with Gasteiger partial charge in [-0.15, -0.1) is 0 Å². The molecule has 4 heteroatoms.